The summed E-state index contributed by atoms with van der Waals surface area (Å²) < 4.78 is 5.08. The molecule has 0 aliphatic rings. The van der Waals surface area contributed by atoms with Crippen molar-refractivity contribution in [1.29, 1.82) is 0 Å². The summed E-state index contributed by atoms with van der Waals surface area (Å²) in [6, 6.07) is 8.49. The molecular weight excluding hydrogens is 220 g/mol. The van der Waals surface area contributed by atoms with Crippen molar-refractivity contribution < 1.29 is 14.6 Å². The van der Waals surface area contributed by atoms with Crippen molar-refractivity contribution >= 4 is 5.97 Å². The Morgan fingerprint density at radius 2 is 2.18 bits per heavy atom. The summed E-state index contributed by atoms with van der Waals surface area (Å²) in [5.74, 6) is -0.0350. The van der Waals surface area contributed by atoms with Gasteiger partial charge in [0.25, 0.3) is 0 Å². The highest BCUT2D eigenvalue weighted by atomic mass is 16.5. The van der Waals surface area contributed by atoms with E-state index in [4.69, 9.17) is 9.84 Å². The molecule has 0 radical (unpaired) electrons. The molecule has 86 valence electrons. The van der Waals surface area contributed by atoms with Gasteiger partial charge in [0.05, 0.1) is 7.11 Å². The third-order valence-corrected chi connectivity index (χ3v) is 2.20. The number of carboxylic acid groups (broad SMARTS) is 1. The molecule has 2 aromatic rings. The Morgan fingerprint density at radius 3 is 2.88 bits per heavy atom. The second-order valence-electron chi connectivity index (χ2n) is 3.30. The Hall–Kier alpha value is -2.43. The largest absolute Gasteiger partial charge is 0.497 e. The van der Waals surface area contributed by atoms with Crippen LogP contribution in [0.15, 0.2) is 36.5 Å². The third-order valence-electron chi connectivity index (χ3n) is 2.20. The maximum atomic E-state index is 10.8. The fourth-order valence-electron chi connectivity index (χ4n) is 1.38. The summed E-state index contributed by atoms with van der Waals surface area (Å²) in [7, 11) is 1.56. The van der Waals surface area contributed by atoms with Crippen LogP contribution in [0.2, 0.25) is 0 Å². The molecule has 5 heteroatoms. The van der Waals surface area contributed by atoms with Crippen LogP contribution in [-0.4, -0.2) is 28.2 Å². The molecule has 0 saturated heterocycles. The predicted octanol–water partition coefficient (Wildman–Crippen LogP) is 1.85. The van der Waals surface area contributed by atoms with Gasteiger partial charge in [-0.2, -0.15) is 0 Å². The van der Waals surface area contributed by atoms with Gasteiger partial charge in [-0.1, -0.05) is 12.1 Å². The monoisotopic (exact) mass is 230 g/mol. The Labute approximate surface area is 97.7 Å². The molecule has 0 fully saturated rings. The molecule has 0 unspecified atom stereocenters. The van der Waals surface area contributed by atoms with Gasteiger partial charge < -0.3 is 9.84 Å². The lowest BCUT2D eigenvalue weighted by Crippen LogP contribution is -2.02. The van der Waals surface area contributed by atoms with Gasteiger partial charge in [-0.3, -0.25) is 0 Å². The number of nitrogens with zero attached hydrogens (tertiary/aromatic N) is 2. The summed E-state index contributed by atoms with van der Waals surface area (Å²) in [4.78, 5) is 18.8. The first-order chi connectivity index (χ1) is 8.20. The first-order valence-corrected chi connectivity index (χ1v) is 4.91. The van der Waals surface area contributed by atoms with Gasteiger partial charge in [-0.25, -0.2) is 14.8 Å². The van der Waals surface area contributed by atoms with Crippen molar-refractivity contribution in [2.24, 2.45) is 0 Å². The summed E-state index contributed by atoms with van der Waals surface area (Å²) >= 11 is 0. The van der Waals surface area contributed by atoms with Crippen molar-refractivity contribution in [1.82, 2.24) is 9.97 Å². The first-order valence-electron chi connectivity index (χ1n) is 4.91. The topological polar surface area (TPSA) is 72.3 Å². The Bertz CT molecular complexity index is 555. The van der Waals surface area contributed by atoms with E-state index < -0.39 is 5.97 Å². The van der Waals surface area contributed by atoms with E-state index in [1.54, 1.807) is 31.4 Å². The normalized spacial score (nSPS) is 9.94. The predicted molar refractivity (Wildman–Crippen MR) is 61.0 cm³/mol. The van der Waals surface area contributed by atoms with E-state index in [9.17, 15) is 4.79 Å². The van der Waals surface area contributed by atoms with E-state index in [0.717, 1.165) is 0 Å². The highest BCUT2D eigenvalue weighted by Gasteiger charge is 2.08. The zero-order valence-electron chi connectivity index (χ0n) is 9.12. The number of methoxy groups -OCH3 is 1. The molecule has 0 amide bonds. The van der Waals surface area contributed by atoms with Gasteiger partial charge in [0, 0.05) is 11.8 Å². The highest BCUT2D eigenvalue weighted by Crippen LogP contribution is 2.20. The van der Waals surface area contributed by atoms with Gasteiger partial charge in [0.2, 0.25) is 0 Å². The van der Waals surface area contributed by atoms with Gasteiger partial charge in [-0.05, 0) is 18.2 Å². The number of aromatic nitrogens is 2. The van der Waals surface area contributed by atoms with Crippen LogP contribution >= 0.6 is 0 Å². The zero-order valence-corrected chi connectivity index (χ0v) is 9.12. The second-order valence-corrected chi connectivity index (χ2v) is 3.30. The van der Waals surface area contributed by atoms with E-state index in [1.165, 1.54) is 12.3 Å². The maximum Gasteiger partial charge on any atom is 0.354 e. The molecule has 1 aromatic heterocycles. The van der Waals surface area contributed by atoms with Crippen LogP contribution in [0.4, 0.5) is 0 Å². The van der Waals surface area contributed by atoms with E-state index in [0.29, 0.717) is 17.1 Å². The molecule has 1 heterocycles. The average molecular weight is 230 g/mol. The molecule has 5 nitrogen and oxygen atoms in total. The molecule has 0 saturated carbocycles. The molecule has 2 rings (SSSR count). The van der Waals surface area contributed by atoms with E-state index in [1.807, 2.05) is 0 Å². The summed E-state index contributed by atoms with van der Waals surface area (Å²) in [6.45, 7) is 0. The number of ether oxygens (including phenoxy) is 1. The summed E-state index contributed by atoms with van der Waals surface area (Å²) in [5, 5.41) is 8.84. The Morgan fingerprint density at radius 1 is 1.35 bits per heavy atom. The van der Waals surface area contributed by atoms with Crippen LogP contribution in [0.1, 0.15) is 10.5 Å². The lowest BCUT2D eigenvalue weighted by molar-refractivity contribution is 0.0690. The summed E-state index contributed by atoms with van der Waals surface area (Å²) in [5.41, 5.74) is 0.685. The van der Waals surface area contributed by atoms with Crippen LogP contribution in [0, 0.1) is 0 Å². The van der Waals surface area contributed by atoms with Crippen LogP contribution in [0.25, 0.3) is 11.4 Å². The van der Waals surface area contributed by atoms with Crippen molar-refractivity contribution in [3.63, 3.8) is 0 Å². The second kappa shape index (κ2) is 4.61. The summed E-state index contributed by atoms with van der Waals surface area (Å²) in [6.07, 6.45) is 1.42. The van der Waals surface area contributed by atoms with Crippen LogP contribution in [0.3, 0.4) is 0 Å². The van der Waals surface area contributed by atoms with Gasteiger partial charge in [0.1, 0.15) is 5.75 Å². The Balaban J connectivity index is 2.45. The number of hydrogen-bond donors (Lipinski definition) is 1. The van der Waals surface area contributed by atoms with Gasteiger partial charge >= 0.3 is 5.97 Å². The fraction of sp³-hybridized carbons (Fsp3) is 0.0833. The minimum Gasteiger partial charge on any atom is -0.497 e. The van der Waals surface area contributed by atoms with Gasteiger partial charge in [-0.15, -0.1) is 0 Å². The minimum absolute atomic E-state index is 0.0298. The molecule has 0 aliphatic heterocycles. The number of carbonyl (C=O) groups is 1. The molecule has 0 bridgehead atoms. The number of benzene rings is 1. The van der Waals surface area contributed by atoms with E-state index in [2.05, 4.69) is 9.97 Å². The zero-order chi connectivity index (χ0) is 12.3. The van der Waals surface area contributed by atoms with Crippen LogP contribution < -0.4 is 4.74 Å². The lowest BCUT2D eigenvalue weighted by Gasteiger charge is -2.03. The van der Waals surface area contributed by atoms with Crippen molar-refractivity contribution in [3.8, 4) is 17.1 Å². The average Bonchev–Trinajstić information content (AvgIpc) is 2.39. The van der Waals surface area contributed by atoms with Crippen molar-refractivity contribution in [2.75, 3.05) is 7.11 Å². The lowest BCUT2D eigenvalue weighted by atomic mass is 10.2. The van der Waals surface area contributed by atoms with Crippen molar-refractivity contribution in [3.05, 3.63) is 42.2 Å². The molecule has 0 aliphatic carbocycles. The van der Waals surface area contributed by atoms with Crippen LogP contribution in [-0.2, 0) is 0 Å². The Kier molecular flexibility index (Phi) is 3.00. The number of rotatable bonds is 3. The minimum atomic E-state index is -1.07. The molecular formula is C12H10N2O3. The molecule has 1 aromatic carbocycles. The van der Waals surface area contributed by atoms with Gasteiger partial charge in [0.15, 0.2) is 11.5 Å². The van der Waals surface area contributed by atoms with Crippen LogP contribution in [0.5, 0.6) is 5.75 Å². The van der Waals surface area contributed by atoms with E-state index >= 15 is 0 Å². The SMILES string of the molecule is COc1cccc(-c2nccc(C(=O)O)n2)c1. The number of carboxylic acids is 1. The smallest absolute Gasteiger partial charge is 0.354 e. The first kappa shape index (κ1) is 11.1. The standard InChI is InChI=1S/C12H10N2O3/c1-17-9-4-2-3-8(7-9)11-13-6-5-10(14-11)12(15)16/h2-7H,1H3,(H,15,16). The highest BCUT2D eigenvalue weighted by molar-refractivity contribution is 5.85. The number of hydrogen-bond acceptors (Lipinski definition) is 4. The molecule has 0 spiro atoms. The molecule has 1 N–H and O–H groups in total. The maximum absolute atomic E-state index is 10.8. The van der Waals surface area contributed by atoms with E-state index in [-0.39, 0.29) is 5.69 Å². The quantitative estimate of drug-likeness (QED) is 0.871. The fourth-order valence-corrected chi connectivity index (χ4v) is 1.38. The van der Waals surface area contributed by atoms with Crippen molar-refractivity contribution in [2.45, 2.75) is 0 Å². The number of aromatic carboxylic acids is 1. The third kappa shape index (κ3) is 2.39. The molecule has 17 heavy (non-hydrogen) atoms. The molecule has 0 atom stereocenters.